The topological polar surface area (TPSA) is 59.1 Å². The van der Waals surface area contributed by atoms with Gasteiger partial charge in [-0.05, 0) is 23.6 Å². The van der Waals surface area contributed by atoms with E-state index in [9.17, 15) is 9.59 Å². The maximum Gasteiger partial charge on any atom is 0.416 e. The molecule has 2 aliphatic heterocycles. The summed E-state index contributed by atoms with van der Waals surface area (Å²) in [7, 11) is 1.36. The van der Waals surface area contributed by atoms with E-state index in [4.69, 9.17) is 9.47 Å². The van der Waals surface area contributed by atoms with Crippen molar-refractivity contribution in [2.75, 3.05) is 18.6 Å². The molecule has 1 fully saturated rings. The van der Waals surface area contributed by atoms with Crippen molar-refractivity contribution in [3.05, 3.63) is 65.7 Å². The fraction of sp³-hybridized carbons (Fsp3) is 0.300. The number of hydrogen-bond donors (Lipinski definition) is 0. The average Bonchev–Trinajstić information content (AvgIpc) is 3.24. The lowest BCUT2D eigenvalue weighted by Gasteiger charge is -2.30. The SMILES string of the molecule is COC(=O)N1CCC2c3ccccc3N(C(=O)OCc3ccccc3)C21. The Hall–Kier alpha value is -3.02. The molecule has 134 valence electrons. The second-order valence-corrected chi connectivity index (χ2v) is 6.44. The molecule has 2 amide bonds. The molecule has 0 saturated carbocycles. The highest BCUT2D eigenvalue weighted by molar-refractivity contribution is 5.93. The maximum atomic E-state index is 12.9. The van der Waals surface area contributed by atoms with Crippen LogP contribution in [0.5, 0.6) is 0 Å². The summed E-state index contributed by atoms with van der Waals surface area (Å²) in [5.41, 5.74) is 2.79. The van der Waals surface area contributed by atoms with Crippen LogP contribution >= 0.6 is 0 Å². The Morgan fingerprint density at radius 1 is 1.04 bits per heavy atom. The minimum atomic E-state index is -0.454. The molecule has 6 heteroatoms. The zero-order chi connectivity index (χ0) is 18.1. The van der Waals surface area contributed by atoms with E-state index in [1.165, 1.54) is 7.11 Å². The van der Waals surface area contributed by atoms with E-state index >= 15 is 0 Å². The summed E-state index contributed by atoms with van der Waals surface area (Å²) in [5, 5.41) is 0. The summed E-state index contributed by atoms with van der Waals surface area (Å²) >= 11 is 0. The lowest BCUT2D eigenvalue weighted by atomic mass is 9.99. The third kappa shape index (κ3) is 2.67. The second-order valence-electron chi connectivity index (χ2n) is 6.44. The number of anilines is 1. The summed E-state index contributed by atoms with van der Waals surface area (Å²) in [6.07, 6.45) is -0.488. The van der Waals surface area contributed by atoms with Crippen LogP contribution in [-0.4, -0.2) is 36.9 Å². The molecule has 2 aromatic rings. The Morgan fingerprint density at radius 2 is 1.77 bits per heavy atom. The molecule has 2 aromatic carbocycles. The van der Waals surface area contributed by atoms with Gasteiger partial charge in [-0.25, -0.2) is 9.59 Å². The Balaban J connectivity index is 1.61. The van der Waals surface area contributed by atoms with Gasteiger partial charge in [0.15, 0.2) is 0 Å². The molecule has 0 N–H and O–H groups in total. The van der Waals surface area contributed by atoms with E-state index in [-0.39, 0.29) is 12.5 Å². The Labute approximate surface area is 151 Å². The molecule has 0 bridgehead atoms. The number of rotatable bonds is 2. The van der Waals surface area contributed by atoms with E-state index in [2.05, 4.69) is 0 Å². The second kappa shape index (κ2) is 6.71. The van der Waals surface area contributed by atoms with Crippen molar-refractivity contribution in [1.29, 1.82) is 0 Å². The van der Waals surface area contributed by atoms with Gasteiger partial charge >= 0.3 is 12.2 Å². The molecule has 0 aromatic heterocycles. The lowest BCUT2D eigenvalue weighted by molar-refractivity contribution is 0.110. The van der Waals surface area contributed by atoms with Crippen LogP contribution < -0.4 is 4.90 Å². The minimum absolute atomic E-state index is 0.0783. The third-order valence-corrected chi connectivity index (χ3v) is 5.03. The van der Waals surface area contributed by atoms with Crippen molar-refractivity contribution in [3.63, 3.8) is 0 Å². The predicted octanol–water partition coefficient (Wildman–Crippen LogP) is 3.73. The van der Waals surface area contributed by atoms with Gasteiger partial charge in [-0.1, -0.05) is 48.5 Å². The van der Waals surface area contributed by atoms with Crippen molar-refractivity contribution in [1.82, 2.24) is 4.90 Å². The molecule has 2 unspecified atom stereocenters. The van der Waals surface area contributed by atoms with Gasteiger partial charge in [-0.3, -0.25) is 9.80 Å². The smallest absolute Gasteiger partial charge is 0.416 e. The van der Waals surface area contributed by atoms with Crippen LogP contribution in [0.4, 0.5) is 15.3 Å². The van der Waals surface area contributed by atoms with Gasteiger partial charge in [0.2, 0.25) is 0 Å². The first-order chi connectivity index (χ1) is 12.7. The number of carbonyl (C=O) groups is 2. The van der Waals surface area contributed by atoms with E-state index in [0.717, 1.165) is 23.2 Å². The molecule has 0 aliphatic carbocycles. The summed E-state index contributed by atoms with van der Waals surface area (Å²) in [6, 6.07) is 17.3. The lowest BCUT2D eigenvalue weighted by Crippen LogP contribution is -2.49. The van der Waals surface area contributed by atoms with Crippen molar-refractivity contribution < 1.29 is 19.1 Å². The van der Waals surface area contributed by atoms with Gasteiger partial charge in [0.05, 0.1) is 12.8 Å². The fourth-order valence-electron chi connectivity index (χ4n) is 3.89. The van der Waals surface area contributed by atoms with Crippen molar-refractivity contribution in [3.8, 4) is 0 Å². The normalized spacial score (nSPS) is 20.5. The number of likely N-dealkylation sites (tertiary alicyclic amines) is 1. The van der Waals surface area contributed by atoms with Crippen molar-refractivity contribution >= 4 is 17.9 Å². The summed E-state index contributed by atoms with van der Waals surface area (Å²) in [4.78, 5) is 28.3. The predicted molar refractivity (Wildman–Crippen MR) is 95.8 cm³/mol. The standard InChI is InChI=1S/C20H20N2O4/c1-25-19(23)21-12-11-16-15-9-5-6-10-17(15)22(18(16)21)20(24)26-13-14-7-3-2-4-8-14/h2-10,16,18H,11-13H2,1H3. The van der Waals surface area contributed by atoms with Gasteiger partial charge < -0.3 is 9.47 Å². The van der Waals surface area contributed by atoms with Gasteiger partial charge in [0.1, 0.15) is 12.8 Å². The highest BCUT2D eigenvalue weighted by Gasteiger charge is 2.51. The first-order valence-electron chi connectivity index (χ1n) is 8.64. The molecule has 26 heavy (non-hydrogen) atoms. The molecule has 6 nitrogen and oxygen atoms in total. The number of fused-ring (bicyclic) bond motifs is 3. The van der Waals surface area contributed by atoms with Crippen molar-refractivity contribution in [2.24, 2.45) is 0 Å². The quantitative estimate of drug-likeness (QED) is 0.826. The number of para-hydroxylation sites is 1. The van der Waals surface area contributed by atoms with Crippen LogP contribution in [0.2, 0.25) is 0 Å². The summed E-state index contributed by atoms with van der Waals surface area (Å²) < 4.78 is 10.5. The summed E-state index contributed by atoms with van der Waals surface area (Å²) in [5.74, 6) is 0.0783. The van der Waals surface area contributed by atoms with Crippen LogP contribution in [0.25, 0.3) is 0 Å². The molecule has 4 rings (SSSR count). The first kappa shape index (κ1) is 16.4. The summed E-state index contributed by atoms with van der Waals surface area (Å²) in [6.45, 7) is 0.743. The average molecular weight is 352 g/mol. The Bertz CT molecular complexity index is 824. The third-order valence-electron chi connectivity index (χ3n) is 5.03. The molecule has 0 spiro atoms. The minimum Gasteiger partial charge on any atom is -0.453 e. The van der Waals surface area contributed by atoms with Crippen LogP contribution in [0.1, 0.15) is 23.5 Å². The number of ether oxygens (including phenoxy) is 2. The van der Waals surface area contributed by atoms with E-state index in [0.29, 0.717) is 6.54 Å². The Morgan fingerprint density at radius 3 is 2.54 bits per heavy atom. The number of carbonyl (C=O) groups excluding carboxylic acids is 2. The highest BCUT2D eigenvalue weighted by Crippen LogP contribution is 2.47. The van der Waals surface area contributed by atoms with E-state index in [1.54, 1.807) is 9.80 Å². The molecule has 2 heterocycles. The molecule has 1 saturated heterocycles. The van der Waals surface area contributed by atoms with Crippen LogP contribution in [0, 0.1) is 0 Å². The molecule has 2 atom stereocenters. The number of benzene rings is 2. The fourth-order valence-corrected chi connectivity index (χ4v) is 3.89. The van der Waals surface area contributed by atoms with Gasteiger partial charge in [0.25, 0.3) is 0 Å². The zero-order valence-corrected chi connectivity index (χ0v) is 14.5. The molecule has 0 radical (unpaired) electrons. The maximum absolute atomic E-state index is 12.9. The van der Waals surface area contributed by atoms with Crippen molar-refractivity contribution in [2.45, 2.75) is 25.1 Å². The van der Waals surface area contributed by atoms with Gasteiger partial charge in [0, 0.05) is 12.5 Å². The number of amides is 2. The monoisotopic (exact) mass is 352 g/mol. The highest BCUT2D eigenvalue weighted by atomic mass is 16.6. The molecular formula is C20H20N2O4. The number of hydrogen-bond acceptors (Lipinski definition) is 4. The van der Waals surface area contributed by atoms with Crippen LogP contribution in [-0.2, 0) is 16.1 Å². The van der Waals surface area contributed by atoms with E-state index < -0.39 is 18.4 Å². The Kier molecular flexibility index (Phi) is 4.24. The molecule has 2 aliphatic rings. The number of methoxy groups -OCH3 is 1. The van der Waals surface area contributed by atoms with Crippen LogP contribution in [0.3, 0.4) is 0 Å². The van der Waals surface area contributed by atoms with Gasteiger partial charge in [-0.2, -0.15) is 0 Å². The largest absolute Gasteiger partial charge is 0.453 e. The number of nitrogens with zero attached hydrogens (tertiary/aromatic N) is 2. The molecular weight excluding hydrogens is 332 g/mol. The van der Waals surface area contributed by atoms with Crippen LogP contribution in [0.15, 0.2) is 54.6 Å². The van der Waals surface area contributed by atoms with E-state index in [1.807, 2.05) is 54.6 Å². The first-order valence-corrected chi connectivity index (χ1v) is 8.64. The van der Waals surface area contributed by atoms with Gasteiger partial charge in [-0.15, -0.1) is 0 Å². The zero-order valence-electron chi connectivity index (χ0n) is 14.5.